The van der Waals surface area contributed by atoms with Crippen LogP contribution in [-0.2, 0) is 11.2 Å². The van der Waals surface area contributed by atoms with Crippen molar-refractivity contribution in [3.63, 3.8) is 0 Å². The Kier molecular flexibility index (Phi) is 7.70. The number of likely N-dealkylation sites (tertiary alicyclic amines) is 1. The van der Waals surface area contributed by atoms with E-state index in [0.717, 1.165) is 31.9 Å². The molecule has 1 amide bonds. The Hall–Kier alpha value is -3.03. The summed E-state index contributed by atoms with van der Waals surface area (Å²) in [5, 5.41) is 9.52. The van der Waals surface area contributed by atoms with E-state index in [1.54, 1.807) is 17.9 Å². The minimum Gasteiger partial charge on any atom is -0.359 e. The van der Waals surface area contributed by atoms with Gasteiger partial charge in [0, 0.05) is 31.5 Å². The molecule has 0 aromatic carbocycles. The Morgan fingerprint density at radius 2 is 1.71 bits per heavy atom. The van der Waals surface area contributed by atoms with Crippen molar-refractivity contribution < 1.29 is 36.2 Å². The molecule has 3 rings (SSSR count). The summed E-state index contributed by atoms with van der Waals surface area (Å²) in [7, 11) is 0. The smallest absolute Gasteiger partial charge is 0.359 e. The number of aromatic nitrogens is 4. The molecule has 2 aromatic rings. The molecule has 31 heavy (non-hydrogen) atoms. The lowest BCUT2D eigenvalue weighted by Gasteiger charge is -2.33. The highest BCUT2D eigenvalue weighted by molar-refractivity contribution is 5.84. The summed E-state index contributed by atoms with van der Waals surface area (Å²) in [6, 6.07) is 1.10. The predicted octanol–water partition coefficient (Wildman–Crippen LogP) is 2.57. The molecule has 14 heteroatoms. The highest BCUT2D eigenvalue weighted by atomic mass is 19.4. The zero-order chi connectivity index (χ0) is 23.2. The van der Waals surface area contributed by atoms with E-state index in [1.165, 1.54) is 6.33 Å². The monoisotopic (exact) mass is 452 g/mol. The molecule has 0 bridgehead atoms. The Labute approximate surface area is 172 Å². The van der Waals surface area contributed by atoms with Gasteiger partial charge >= 0.3 is 12.5 Å². The molecule has 1 aliphatic rings. The van der Waals surface area contributed by atoms with Gasteiger partial charge in [-0.15, -0.1) is 13.2 Å². The van der Waals surface area contributed by atoms with Crippen molar-refractivity contribution in [2.45, 2.75) is 38.3 Å². The van der Waals surface area contributed by atoms with E-state index in [9.17, 15) is 31.1 Å². The zero-order valence-electron chi connectivity index (χ0n) is 16.1. The van der Waals surface area contributed by atoms with Crippen LogP contribution in [0.3, 0.4) is 0 Å². The summed E-state index contributed by atoms with van der Waals surface area (Å²) >= 11 is 0. The topological polar surface area (TPSA) is 104 Å². The maximum absolute atomic E-state index is 12.4. The van der Waals surface area contributed by atoms with E-state index >= 15 is 0 Å². The molecule has 0 unspecified atom stereocenters. The molecule has 0 saturated carbocycles. The van der Waals surface area contributed by atoms with Crippen LogP contribution in [0, 0.1) is 0 Å². The first-order valence-electron chi connectivity index (χ1n) is 8.86. The van der Waals surface area contributed by atoms with Gasteiger partial charge in [0.1, 0.15) is 23.9 Å². The van der Waals surface area contributed by atoms with Crippen LogP contribution in [0.4, 0.5) is 32.2 Å². The number of anilines is 1. The van der Waals surface area contributed by atoms with Gasteiger partial charge in [-0.3, -0.25) is 4.79 Å². The number of carbonyl (C=O) groups excluding carboxylic acids is 1. The van der Waals surface area contributed by atoms with E-state index in [-0.39, 0.29) is 17.3 Å². The summed E-state index contributed by atoms with van der Waals surface area (Å²) in [5.41, 5.74) is 0.326. The van der Waals surface area contributed by atoms with E-state index in [2.05, 4.69) is 25.3 Å². The van der Waals surface area contributed by atoms with Gasteiger partial charge in [0.05, 0.1) is 6.42 Å². The van der Waals surface area contributed by atoms with Gasteiger partial charge in [-0.2, -0.15) is 13.2 Å². The molecule has 170 valence electrons. The Balaban J connectivity index is 0.000000614. The number of carbonyl (C=O) groups is 1. The summed E-state index contributed by atoms with van der Waals surface area (Å²) in [6.45, 7) is 3.26. The average Bonchev–Trinajstić information content (AvgIpc) is 2.58. The van der Waals surface area contributed by atoms with Crippen LogP contribution in [0.1, 0.15) is 18.9 Å². The molecule has 0 radical (unpaired) electrons. The van der Waals surface area contributed by atoms with Gasteiger partial charge in [-0.05, 0) is 18.9 Å². The molecule has 1 fully saturated rings. The fraction of sp³-hybridized carbons (Fsp3) is 0.471. The third kappa shape index (κ3) is 8.70. The number of rotatable bonds is 5. The van der Waals surface area contributed by atoms with Crippen molar-refractivity contribution in [2.24, 2.45) is 0 Å². The van der Waals surface area contributed by atoms with Crippen molar-refractivity contribution in [1.29, 1.82) is 0 Å². The molecule has 0 aliphatic carbocycles. The number of amides is 1. The van der Waals surface area contributed by atoms with Crippen molar-refractivity contribution in [3.8, 4) is 11.5 Å². The van der Waals surface area contributed by atoms with E-state index < -0.39 is 25.0 Å². The van der Waals surface area contributed by atoms with Gasteiger partial charge in [0.2, 0.25) is 5.91 Å². The number of hydrogen-bond acceptors (Lipinski definition) is 7. The van der Waals surface area contributed by atoms with Gasteiger partial charge in [-0.25, -0.2) is 19.9 Å². The van der Waals surface area contributed by atoms with E-state index in [0.29, 0.717) is 11.5 Å². The molecule has 2 N–H and O–H groups in total. The second-order valence-electron chi connectivity index (χ2n) is 6.51. The summed E-state index contributed by atoms with van der Waals surface area (Å²) in [4.78, 5) is 29.9. The second-order valence-corrected chi connectivity index (χ2v) is 6.51. The lowest BCUT2D eigenvalue weighted by Crippen LogP contribution is -2.48. The van der Waals surface area contributed by atoms with Crippen molar-refractivity contribution in [3.05, 3.63) is 30.4 Å². The first-order chi connectivity index (χ1) is 14.3. The van der Waals surface area contributed by atoms with Gasteiger partial charge in [0.15, 0.2) is 5.82 Å². The number of aliphatic hydroxyl groups is 1. The van der Waals surface area contributed by atoms with Crippen LogP contribution in [0.2, 0.25) is 0 Å². The quantitative estimate of drug-likeness (QED) is 0.672. The number of nitrogens with one attached hydrogen (secondary N) is 1. The maximum Gasteiger partial charge on any atom is 0.519 e. The molecular weight excluding hydrogens is 434 g/mol. The molecule has 0 spiro atoms. The Morgan fingerprint density at radius 1 is 1.13 bits per heavy atom. The highest BCUT2D eigenvalue weighted by Crippen LogP contribution is 2.21. The zero-order valence-corrected chi connectivity index (χ0v) is 16.1. The fourth-order valence-corrected chi connectivity index (χ4v) is 2.46. The SMILES string of the molecule is C[C@@H](Nc1cc(-c2ncc(CC(F)(F)F)cn2)ncn1)C(=O)N1CCC1.OC(F)(F)F. The van der Waals surface area contributed by atoms with Crippen LogP contribution in [0.5, 0.6) is 0 Å². The van der Waals surface area contributed by atoms with Crippen LogP contribution in [0.15, 0.2) is 24.8 Å². The summed E-state index contributed by atoms with van der Waals surface area (Å²) in [6.07, 6.45) is -5.85. The second kappa shape index (κ2) is 9.85. The van der Waals surface area contributed by atoms with E-state index in [4.69, 9.17) is 5.11 Å². The number of hydrogen-bond donors (Lipinski definition) is 2. The highest BCUT2D eigenvalue weighted by Gasteiger charge is 2.28. The number of alkyl halides is 6. The molecule has 1 aliphatic heterocycles. The third-order valence-corrected chi connectivity index (χ3v) is 3.91. The minimum absolute atomic E-state index is 0.0100. The lowest BCUT2D eigenvalue weighted by molar-refractivity contribution is -0.295. The van der Waals surface area contributed by atoms with Crippen molar-refractivity contribution >= 4 is 11.7 Å². The first kappa shape index (κ1) is 24.2. The largest absolute Gasteiger partial charge is 0.519 e. The van der Waals surface area contributed by atoms with Gasteiger partial charge < -0.3 is 15.3 Å². The molecule has 1 atom stereocenters. The van der Waals surface area contributed by atoms with Gasteiger partial charge in [-0.1, -0.05) is 0 Å². The number of halogens is 6. The van der Waals surface area contributed by atoms with Gasteiger partial charge in [0.25, 0.3) is 0 Å². The van der Waals surface area contributed by atoms with Crippen molar-refractivity contribution in [1.82, 2.24) is 24.8 Å². The Morgan fingerprint density at radius 3 is 2.19 bits per heavy atom. The lowest BCUT2D eigenvalue weighted by atomic mass is 10.2. The Bertz CT molecular complexity index is 865. The molecule has 1 saturated heterocycles. The van der Waals surface area contributed by atoms with Crippen LogP contribution in [0.25, 0.3) is 11.5 Å². The number of nitrogens with zero attached hydrogens (tertiary/aromatic N) is 5. The minimum atomic E-state index is -5.00. The maximum atomic E-state index is 12.4. The van der Waals surface area contributed by atoms with Crippen LogP contribution in [-0.4, -0.2) is 67.5 Å². The normalized spacial score (nSPS) is 14.8. The predicted molar refractivity (Wildman–Crippen MR) is 95.4 cm³/mol. The summed E-state index contributed by atoms with van der Waals surface area (Å²) in [5.74, 6) is 0.589. The molecular formula is C17H18F6N6O2. The van der Waals surface area contributed by atoms with Crippen LogP contribution < -0.4 is 5.32 Å². The third-order valence-electron chi connectivity index (χ3n) is 3.91. The molecule has 8 nitrogen and oxygen atoms in total. The first-order valence-corrected chi connectivity index (χ1v) is 8.86. The standard InChI is InChI=1S/C16H17F3N6O.CHF3O/c1-10(15(26)25-3-2-4-25)24-13-5-12(22-9-23-13)14-20-7-11(8-21-14)6-16(17,18)19;2-1(3,4)5/h5,7-10H,2-4,6H2,1H3,(H,22,23,24);5H/t10-;/m1./s1. The molecule has 2 aromatic heterocycles. The summed E-state index contributed by atoms with van der Waals surface area (Å²) < 4.78 is 66.9. The van der Waals surface area contributed by atoms with Crippen LogP contribution >= 0.6 is 0 Å². The van der Waals surface area contributed by atoms with Crippen molar-refractivity contribution in [2.75, 3.05) is 18.4 Å². The van der Waals surface area contributed by atoms with E-state index in [1.807, 2.05) is 0 Å². The molecule has 3 heterocycles. The fourth-order valence-electron chi connectivity index (χ4n) is 2.46. The average molecular weight is 452 g/mol.